The molecule has 0 spiro atoms. The summed E-state index contributed by atoms with van der Waals surface area (Å²) in [5, 5.41) is 2.50. The largest absolute Gasteiger partial charge is 0.358 e. The highest BCUT2D eigenvalue weighted by Gasteiger charge is 2.32. The number of hydrogen-bond donors (Lipinski definition) is 1. The van der Waals surface area contributed by atoms with Crippen molar-refractivity contribution in [1.82, 2.24) is 10.2 Å². The van der Waals surface area contributed by atoms with Crippen molar-refractivity contribution < 1.29 is 13.6 Å². The van der Waals surface area contributed by atoms with E-state index in [1.807, 2.05) is 4.90 Å². The van der Waals surface area contributed by atoms with E-state index in [0.29, 0.717) is 13.1 Å². The number of carbonyl (C=O) groups is 1. The lowest BCUT2D eigenvalue weighted by Gasteiger charge is -2.33. The van der Waals surface area contributed by atoms with Crippen molar-refractivity contribution in [1.29, 1.82) is 0 Å². The fourth-order valence-electron chi connectivity index (χ4n) is 2.56. The van der Waals surface area contributed by atoms with Crippen molar-refractivity contribution in [3.8, 4) is 0 Å². The Morgan fingerprint density at radius 1 is 1.21 bits per heavy atom. The van der Waals surface area contributed by atoms with Gasteiger partial charge in [-0.3, -0.25) is 9.69 Å². The summed E-state index contributed by atoms with van der Waals surface area (Å²) in [6.45, 7) is 1.37. The number of rotatable bonds is 3. The molecule has 0 bridgehead atoms. The molecule has 1 unspecified atom stereocenters. The van der Waals surface area contributed by atoms with Gasteiger partial charge in [-0.15, -0.1) is 0 Å². The van der Waals surface area contributed by atoms with Crippen molar-refractivity contribution in [2.45, 2.75) is 25.3 Å². The summed E-state index contributed by atoms with van der Waals surface area (Å²) in [7, 11) is 1.48. The first-order chi connectivity index (χ1) is 9.15. The molecule has 0 saturated carbocycles. The Labute approximate surface area is 111 Å². The van der Waals surface area contributed by atoms with E-state index >= 15 is 0 Å². The van der Waals surface area contributed by atoms with Crippen molar-refractivity contribution in [2.24, 2.45) is 0 Å². The third-order valence-electron chi connectivity index (χ3n) is 3.52. The number of likely N-dealkylation sites (N-methyl/N-ethyl adjacent to an activating group) is 1. The van der Waals surface area contributed by atoms with Gasteiger partial charge in [-0.25, -0.2) is 8.78 Å². The van der Waals surface area contributed by atoms with E-state index in [2.05, 4.69) is 5.32 Å². The topological polar surface area (TPSA) is 32.3 Å². The van der Waals surface area contributed by atoms with Crippen LogP contribution in [0.5, 0.6) is 0 Å². The van der Waals surface area contributed by atoms with E-state index in [1.54, 1.807) is 0 Å². The number of amides is 1. The molecule has 5 heteroatoms. The molecule has 104 valence electrons. The summed E-state index contributed by atoms with van der Waals surface area (Å²) in [4.78, 5) is 13.9. The smallest absolute Gasteiger partial charge is 0.241 e. The van der Waals surface area contributed by atoms with Crippen LogP contribution in [0.25, 0.3) is 0 Å². The second-order valence-corrected chi connectivity index (χ2v) is 4.75. The molecule has 1 aromatic carbocycles. The van der Waals surface area contributed by atoms with E-state index in [0.717, 1.165) is 19.3 Å². The maximum absolute atomic E-state index is 13.9. The summed E-state index contributed by atoms with van der Waals surface area (Å²) in [5.74, 6) is -1.70. The number of piperidine rings is 1. The van der Waals surface area contributed by atoms with Gasteiger partial charge in [-0.05, 0) is 38.1 Å². The fourth-order valence-corrected chi connectivity index (χ4v) is 2.56. The van der Waals surface area contributed by atoms with Crippen LogP contribution in [-0.2, 0) is 4.79 Å². The molecule has 1 saturated heterocycles. The summed E-state index contributed by atoms with van der Waals surface area (Å²) in [5.41, 5.74) is -0.149. The molecule has 1 N–H and O–H groups in total. The Morgan fingerprint density at radius 3 is 2.32 bits per heavy atom. The highest BCUT2D eigenvalue weighted by Crippen LogP contribution is 2.28. The van der Waals surface area contributed by atoms with Gasteiger partial charge in [0, 0.05) is 7.05 Å². The van der Waals surface area contributed by atoms with Crippen molar-refractivity contribution in [3.05, 3.63) is 35.4 Å². The molecule has 1 fully saturated rings. The lowest BCUT2D eigenvalue weighted by molar-refractivity contribution is -0.126. The normalized spacial score (nSPS) is 18.1. The van der Waals surface area contributed by atoms with Gasteiger partial charge in [-0.2, -0.15) is 0 Å². The zero-order valence-corrected chi connectivity index (χ0v) is 11.0. The zero-order valence-electron chi connectivity index (χ0n) is 11.0. The SMILES string of the molecule is CNC(=O)C(c1c(F)cccc1F)N1CCCCC1. The van der Waals surface area contributed by atoms with Crippen LogP contribution in [0.15, 0.2) is 18.2 Å². The second-order valence-electron chi connectivity index (χ2n) is 4.75. The van der Waals surface area contributed by atoms with Gasteiger partial charge in [0.15, 0.2) is 0 Å². The maximum Gasteiger partial charge on any atom is 0.241 e. The van der Waals surface area contributed by atoms with Crippen molar-refractivity contribution >= 4 is 5.91 Å². The van der Waals surface area contributed by atoms with E-state index in [9.17, 15) is 13.6 Å². The van der Waals surface area contributed by atoms with Gasteiger partial charge in [0.1, 0.15) is 17.7 Å². The molecule has 1 amide bonds. The minimum absolute atomic E-state index is 0.149. The van der Waals surface area contributed by atoms with Gasteiger partial charge in [0.25, 0.3) is 0 Å². The minimum atomic E-state index is -0.883. The molecular formula is C14H18F2N2O. The van der Waals surface area contributed by atoms with Gasteiger partial charge in [-0.1, -0.05) is 12.5 Å². The Hall–Kier alpha value is -1.49. The monoisotopic (exact) mass is 268 g/mol. The van der Waals surface area contributed by atoms with E-state index in [-0.39, 0.29) is 11.5 Å². The van der Waals surface area contributed by atoms with Crippen LogP contribution in [0.4, 0.5) is 8.78 Å². The Kier molecular flexibility index (Phi) is 4.47. The summed E-state index contributed by atoms with van der Waals surface area (Å²) in [6, 6.07) is 2.81. The van der Waals surface area contributed by atoms with Crippen molar-refractivity contribution in [3.63, 3.8) is 0 Å². The summed E-state index contributed by atoms with van der Waals surface area (Å²) < 4.78 is 27.8. The van der Waals surface area contributed by atoms with Crippen LogP contribution in [-0.4, -0.2) is 30.9 Å². The number of benzene rings is 1. The molecule has 2 rings (SSSR count). The van der Waals surface area contributed by atoms with Gasteiger partial charge in [0.05, 0.1) is 5.56 Å². The number of carbonyl (C=O) groups excluding carboxylic acids is 1. The number of likely N-dealkylation sites (tertiary alicyclic amines) is 1. The molecular weight excluding hydrogens is 250 g/mol. The molecule has 0 radical (unpaired) electrons. The third kappa shape index (κ3) is 2.92. The molecule has 3 nitrogen and oxygen atoms in total. The molecule has 1 atom stereocenters. The quantitative estimate of drug-likeness (QED) is 0.911. The molecule has 1 heterocycles. The summed E-state index contributed by atoms with van der Waals surface area (Å²) in [6.07, 6.45) is 2.99. The Bertz CT molecular complexity index is 439. The molecule has 19 heavy (non-hydrogen) atoms. The number of halogens is 2. The van der Waals surface area contributed by atoms with Crippen LogP contribution in [0, 0.1) is 11.6 Å². The number of nitrogens with zero attached hydrogens (tertiary/aromatic N) is 1. The minimum Gasteiger partial charge on any atom is -0.358 e. The first-order valence-corrected chi connectivity index (χ1v) is 6.54. The van der Waals surface area contributed by atoms with Crippen LogP contribution < -0.4 is 5.32 Å². The van der Waals surface area contributed by atoms with Crippen LogP contribution in [0.2, 0.25) is 0 Å². The Morgan fingerprint density at radius 2 is 1.79 bits per heavy atom. The van der Waals surface area contributed by atoms with E-state index in [1.165, 1.54) is 25.2 Å². The van der Waals surface area contributed by atoms with Gasteiger partial charge >= 0.3 is 0 Å². The highest BCUT2D eigenvalue weighted by molar-refractivity contribution is 5.83. The second kappa shape index (κ2) is 6.10. The van der Waals surface area contributed by atoms with Crippen molar-refractivity contribution in [2.75, 3.05) is 20.1 Å². The van der Waals surface area contributed by atoms with Gasteiger partial charge < -0.3 is 5.32 Å². The van der Waals surface area contributed by atoms with Crippen LogP contribution in [0.3, 0.4) is 0 Å². The number of hydrogen-bond acceptors (Lipinski definition) is 2. The number of nitrogens with one attached hydrogen (secondary N) is 1. The fraction of sp³-hybridized carbons (Fsp3) is 0.500. The van der Waals surface area contributed by atoms with Crippen LogP contribution >= 0.6 is 0 Å². The van der Waals surface area contributed by atoms with E-state index < -0.39 is 17.7 Å². The maximum atomic E-state index is 13.9. The zero-order chi connectivity index (χ0) is 13.8. The standard InChI is InChI=1S/C14H18F2N2O/c1-17-14(19)13(18-8-3-2-4-9-18)12-10(15)6-5-7-11(12)16/h5-7,13H,2-4,8-9H2,1H3,(H,17,19). The molecule has 1 aliphatic heterocycles. The Balaban J connectivity index is 2.39. The average molecular weight is 268 g/mol. The van der Waals surface area contributed by atoms with Crippen LogP contribution in [0.1, 0.15) is 30.9 Å². The first-order valence-electron chi connectivity index (χ1n) is 6.54. The predicted molar refractivity (Wildman–Crippen MR) is 68.6 cm³/mol. The lowest BCUT2D eigenvalue weighted by Crippen LogP contribution is -2.42. The van der Waals surface area contributed by atoms with Gasteiger partial charge in [0.2, 0.25) is 5.91 Å². The highest BCUT2D eigenvalue weighted by atomic mass is 19.1. The first kappa shape index (κ1) is 13.9. The predicted octanol–water partition coefficient (Wildman–Crippen LogP) is 2.24. The molecule has 1 aromatic rings. The van der Waals surface area contributed by atoms with E-state index in [4.69, 9.17) is 0 Å². The average Bonchev–Trinajstić information content (AvgIpc) is 2.43. The molecule has 0 aliphatic carbocycles. The third-order valence-corrected chi connectivity index (χ3v) is 3.52. The molecule has 1 aliphatic rings. The lowest BCUT2D eigenvalue weighted by atomic mass is 10.00. The molecule has 0 aromatic heterocycles. The summed E-state index contributed by atoms with van der Waals surface area (Å²) >= 11 is 0.